The molecule has 1 heterocycles. The smallest absolute Gasteiger partial charge is 0.237 e. The van der Waals surface area contributed by atoms with Crippen LogP contribution in [0.25, 0.3) is 0 Å². The van der Waals surface area contributed by atoms with Crippen molar-refractivity contribution in [3.8, 4) is 0 Å². The van der Waals surface area contributed by atoms with Gasteiger partial charge in [0.1, 0.15) is 0 Å². The van der Waals surface area contributed by atoms with Crippen molar-refractivity contribution >= 4 is 17.5 Å². The molecule has 0 saturated carbocycles. The van der Waals surface area contributed by atoms with Crippen molar-refractivity contribution in [3.63, 3.8) is 0 Å². The molecule has 0 aliphatic carbocycles. The molecule has 0 bridgehead atoms. The third-order valence-electron chi connectivity index (χ3n) is 5.10. The highest BCUT2D eigenvalue weighted by molar-refractivity contribution is 5.92. The second kappa shape index (κ2) is 9.33. The summed E-state index contributed by atoms with van der Waals surface area (Å²) in [5, 5.41) is 5.98. The normalized spacial score (nSPS) is 18.5. The van der Waals surface area contributed by atoms with E-state index < -0.39 is 0 Å². The molecule has 1 aliphatic rings. The number of carbonyl (C=O) groups is 2. The molecule has 5 nitrogen and oxygen atoms in total. The van der Waals surface area contributed by atoms with E-state index in [9.17, 15) is 9.59 Å². The van der Waals surface area contributed by atoms with Crippen LogP contribution in [-0.2, 0) is 16.1 Å². The highest BCUT2D eigenvalue weighted by Crippen LogP contribution is 2.20. The van der Waals surface area contributed by atoms with Gasteiger partial charge in [-0.15, -0.1) is 0 Å². The fourth-order valence-corrected chi connectivity index (χ4v) is 3.44. The van der Waals surface area contributed by atoms with E-state index in [1.165, 1.54) is 0 Å². The second-order valence-electron chi connectivity index (χ2n) is 7.07. The summed E-state index contributed by atoms with van der Waals surface area (Å²) < 4.78 is 0. The van der Waals surface area contributed by atoms with Gasteiger partial charge in [0.15, 0.2) is 0 Å². The van der Waals surface area contributed by atoms with Crippen LogP contribution in [0.15, 0.2) is 60.7 Å². The predicted octanol–water partition coefficient (Wildman–Crippen LogP) is 3.04. The van der Waals surface area contributed by atoms with Gasteiger partial charge in [0.2, 0.25) is 11.8 Å². The van der Waals surface area contributed by atoms with E-state index in [1.54, 1.807) is 0 Å². The molecular weight excluding hydrogens is 338 g/mol. The van der Waals surface area contributed by atoms with Crippen LogP contribution in [0, 0.1) is 5.92 Å². The third-order valence-corrected chi connectivity index (χ3v) is 5.10. The molecule has 5 heteroatoms. The lowest BCUT2D eigenvalue weighted by Gasteiger charge is -2.35. The SMILES string of the molecule is C[C@H](C(=O)NCc1ccccc1)N1CCC[C@@H](C(=O)Nc2ccccc2)C1. The van der Waals surface area contributed by atoms with E-state index in [0.717, 1.165) is 30.6 Å². The number of hydrogen-bond acceptors (Lipinski definition) is 3. The summed E-state index contributed by atoms with van der Waals surface area (Å²) >= 11 is 0. The summed E-state index contributed by atoms with van der Waals surface area (Å²) in [5.41, 5.74) is 1.89. The average molecular weight is 365 g/mol. The zero-order chi connectivity index (χ0) is 19.1. The Morgan fingerprint density at radius 1 is 1.07 bits per heavy atom. The summed E-state index contributed by atoms with van der Waals surface area (Å²) in [4.78, 5) is 27.2. The number of piperidine rings is 1. The molecule has 2 atom stereocenters. The van der Waals surface area contributed by atoms with Gasteiger partial charge in [-0.3, -0.25) is 14.5 Å². The molecule has 2 amide bonds. The van der Waals surface area contributed by atoms with Gasteiger partial charge in [0, 0.05) is 18.8 Å². The Morgan fingerprint density at radius 3 is 2.44 bits per heavy atom. The first-order valence-electron chi connectivity index (χ1n) is 9.55. The van der Waals surface area contributed by atoms with Crippen LogP contribution in [0.2, 0.25) is 0 Å². The lowest BCUT2D eigenvalue weighted by atomic mass is 9.95. The van der Waals surface area contributed by atoms with Crippen molar-refractivity contribution in [2.24, 2.45) is 5.92 Å². The molecule has 2 aromatic rings. The number of likely N-dealkylation sites (tertiary alicyclic amines) is 1. The van der Waals surface area contributed by atoms with E-state index in [2.05, 4.69) is 15.5 Å². The summed E-state index contributed by atoms with van der Waals surface area (Å²) in [6.07, 6.45) is 1.77. The van der Waals surface area contributed by atoms with Gasteiger partial charge in [-0.25, -0.2) is 0 Å². The molecule has 0 unspecified atom stereocenters. The number of benzene rings is 2. The fourth-order valence-electron chi connectivity index (χ4n) is 3.44. The van der Waals surface area contributed by atoms with Crippen LogP contribution in [-0.4, -0.2) is 35.8 Å². The number of rotatable bonds is 6. The van der Waals surface area contributed by atoms with E-state index in [-0.39, 0.29) is 23.8 Å². The molecule has 3 rings (SSSR count). The number of carbonyl (C=O) groups excluding carboxylic acids is 2. The molecule has 0 radical (unpaired) electrons. The molecule has 27 heavy (non-hydrogen) atoms. The molecule has 0 spiro atoms. The molecule has 2 aromatic carbocycles. The number of nitrogens with one attached hydrogen (secondary N) is 2. The summed E-state index contributed by atoms with van der Waals surface area (Å²) in [6.45, 7) is 3.89. The number of anilines is 1. The average Bonchev–Trinajstić information content (AvgIpc) is 2.73. The van der Waals surface area contributed by atoms with Gasteiger partial charge in [-0.1, -0.05) is 48.5 Å². The molecule has 142 valence electrons. The Kier molecular flexibility index (Phi) is 6.60. The molecule has 1 aliphatic heterocycles. The zero-order valence-electron chi connectivity index (χ0n) is 15.7. The van der Waals surface area contributed by atoms with Crippen LogP contribution < -0.4 is 10.6 Å². The first-order chi connectivity index (χ1) is 13.1. The monoisotopic (exact) mass is 365 g/mol. The zero-order valence-corrected chi connectivity index (χ0v) is 15.7. The number of hydrogen-bond donors (Lipinski definition) is 2. The quantitative estimate of drug-likeness (QED) is 0.827. The Bertz CT molecular complexity index is 749. The van der Waals surface area contributed by atoms with Crippen LogP contribution in [0.4, 0.5) is 5.69 Å². The van der Waals surface area contributed by atoms with Gasteiger partial charge in [-0.2, -0.15) is 0 Å². The number of amides is 2. The van der Waals surface area contributed by atoms with Crippen molar-refractivity contribution in [2.45, 2.75) is 32.4 Å². The van der Waals surface area contributed by atoms with Gasteiger partial charge in [0.05, 0.1) is 12.0 Å². The van der Waals surface area contributed by atoms with Gasteiger partial charge >= 0.3 is 0 Å². The molecule has 1 saturated heterocycles. The van der Waals surface area contributed by atoms with Crippen LogP contribution in [0.3, 0.4) is 0 Å². The summed E-state index contributed by atoms with van der Waals surface area (Å²) in [5.74, 6) is -0.0610. The standard InChI is InChI=1S/C22H27N3O2/c1-17(21(26)23-15-18-9-4-2-5-10-18)25-14-8-11-19(16-25)22(27)24-20-12-6-3-7-13-20/h2-7,9-10,12-13,17,19H,8,11,14-16H2,1H3,(H,23,26)(H,24,27)/t17-,19-/m1/s1. The molecule has 2 N–H and O–H groups in total. The van der Waals surface area contributed by atoms with E-state index in [0.29, 0.717) is 13.1 Å². The minimum atomic E-state index is -0.249. The van der Waals surface area contributed by atoms with Crippen molar-refractivity contribution in [3.05, 3.63) is 66.2 Å². The first kappa shape index (κ1) is 19.1. The van der Waals surface area contributed by atoms with Crippen molar-refractivity contribution < 1.29 is 9.59 Å². The third kappa shape index (κ3) is 5.41. The molecular formula is C22H27N3O2. The van der Waals surface area contributed by atoms with E-state index in [4.69, 9.17) is 0 Å². The highest BCUT2D eigenvalue weighted by Gasteiger charge is 2.30. The molecule has 1 fully saturated rings. The van der Waals surface area contributed by atoms with Crippen molar-refractivity contribution in [2.75, 3.05) is 18.4 Å². The van der Waals surface area contributed by atoms with Crippen LogP contribution in [0.1, 0.15) is 25.3 Å². The maximum Gasteiger partial charge on any atom is 0.237 e. The Balaban J connectivity index is 1.51. The number of para-hydroxylation sites is 1. The topological polar surface area (TPSA) is 61.4 Å². The Morgan fingerprint density at radius 2 is 1.74 bits per heavy atom. The maximum atomic E-state index is 12.6. The van der Waals surface area contributed by atoms with E-state index >= 15 is 0 Å². The Hall–Kier alpha value is -2.66. The second-order valence-corrected chi connectivity index (χ2v) is 7.07. The minimum Gasteiger partial charge on any atom is -0.351 e. The fraction of sp³-hybridized carbons (Fsp3) is 0.364. The van der Waals surface area contributed by atoms with Crippen LogP contribution in [0.5, 0.6) is 0 Å². The summed E-state index contributed by atoms with van der Waals surface area (Å²) in [7, 11) is 0. The predicted molar refractivity (Wildman–Crippen MR) is 107 cm³/mol. The summed E-state index contributed by atoms with van der Waals surface area (Å²) in [6, 6.07) is 19.1. The van der Waals surface area contributed by atoms with Gasteiger partial charge in [-0.05, 0) is 44.0 Å². The number of nitrogens with zero attached hydrogens (tertiary/aromatic N) is 1. The van der Waals surface area contributed by atoms with Crippen LogP contribution >= 0.6 is 0 Å². The lowest BCUT2D eigenvalue weighted by Crippen LogP contribution is -2.50. The largest absolute Gasteiger partial charge is 0.351 e. The minimum absolute atomic E-state index is 0.00275. The molecule has 0 aromatic heterocycles. The van der Waals surface area contributed by atoms with Crippen molar-refractivity contribution in [1.29, 1.82) is 0 Å². The maximum absolute atomic E-state index is 12.6. The van der Waals surface area contributed by atoms with Crippen molar-refractivity contribution in [1.82, 2.24) is 10.2 Å². The van der Waals surface area contributed by atoms with Gasteiger partial charge < -0.3 is 10.6 Å². The lowest BCUT2D eigenvalue weighted by molar-refractivity contribution is -0.129. The Labute approximate surface area is 160 Å². The van der Waals surface area contributed by atoms with Gasteiger partial charge in [0.25, 0.3) is 0 Å². The highest BCUT2D eigenvalue weighted by atomic mass is 16.2. The first-order valence-corrected chi connectivity index (χ1v) is 9.55. The van der Waals surface area contributed by atoms with E-state index in [1.807, 2.05) is 67.6 Å².